The van der Waals surface area contributed by atoms with Gasteiger partial charge in [0.25, 0.3) is 5.91 Å². The van der Waals surface area contributed by atoms with Crippen molar-refractivity contribution in [3.8, 4) is 0 Å². The summed E-state index contributed by atoms with van der Waals surface area (Å²) in [5.41, 5.74) is 2.82. The lowest BCUT2D eigenvalue weighted by molar-refractivity contribution is 0.102. The Hall–Kier alpha value is -1.81. The van der Waals surface area contributed by atoms with Gasteiger partial charge in [-0.05, 0) is 31.5 Å². The van der Waals surface area contributed by atoms with Gasteiger partial charge in [-0.3, -0.25) is 9.48 Å². The number of nitrogens with zero attached hydrogens (tertiary/aromatic N) is 2. The van der Waals surface area contributed by atoms with Crippen molar-refractivity contribution in [2.75, 3.05) is 5.32 Å². The fourth-order valence-electron chi connectivity index (χ4n) is 1.76. The normalized spacial score (nSPS) is 10.4. The number of hydrogen-bond donors (Lipinski definition) is 1. The van der Waals surface area contributed by atoms with Gasteiger partial charge in [0.15, 0.2) is 5.69 Å². The predicted octanol–water partition coefficient (Wildman–Crippen LogP) is 2.94. The molecule has 5 heteroatoms. The average Bonchev–Trinajstić information content (AvgIpc) is 2.64. The van der Waals surface area contributed by atoms with Crippen molar-refractivity contribution >= 4 is 23.2 Å². The SMILES string of the molecule is Cc1cn(C)nc1C(=O)Nc1cccc(Cl)c1C. The number of carbonyl (C=O) groups excluding carboxylic acids is 1. The number of aromatic nitrogens is 2. The third-order valence-corrected chi connectivity index (χ3v) is 3.15. The molecule has 0 saturated heterocycles. The number of carbonyl (C=O) groups is 1. The van der Waals surface area contributed by atoms with Crippen molar-refractivity contribution in [2.45, 2.75) is 13.8 Å². The van der Waals surface area contributed by atoms with Crippen LogP contribution in [-0.2, 0) is 7.05 Å². The monoisotopic (exact) mass is 263 g/mol. The van der Waals surface area contributed by atoms with Crippen LogP contribution in [0, 0.1) is 13.8 Å². The smallest absolute Gasteiger partial charge is 0.276 e. The molecule has 2 aromatic rings. The van der Waals surface area contributed by atoms with Gasteiger partial charge in [0, 0.05) is 29.5 Å². The minimum absolute atomic E-state index is 0.224. The van der Waals surface area contributed by atoms with E-state index in [2.05, 4.69) is 10.4 Å². The Bertz CT molecular complexity index is 604. The van der Waals surface area contributed by atoms with Crippen molar-refractivity contribution in [2.24, 2.45) is 7.05 Å². The van der Waals surface area contributed by atoms with E-state index in [9.17, 15) is 4.79 Å². The first-order chi connectivity index (χ1) is 8.49. The first-order valence-electron chi connectivity index (χ1n) is 5.55. The fraction of sp³-hybridized carbons (Fsp3) is 0.231. The predicted molar refractivity (Wildman–Crippen MR) is 72.1 cm³/mol. The Kier molecular flexibility index (Phi) is 3.39. The van der Waals surface area contributed by atoms with E-state index < -0.39 is 0 Å². The third kappa shape index (κ3) is 2.38. The lowest BCUT2D eigenvalue weighted by atomic mass is 10.2. The van der Waals surface area contributed by atoms with Gasteiger partial charge in [-0.2, -0.15) is 5.10 Å². The highest BCUT2D eigenvalue weighted by Gasteiger charge is 2.14. The molecule has 0 aliphatic carbocycles. The Morgan fingerprint density at radius 2 is 2.11 bits per heavy atom. The first-order valence-corrected chi connectivity index (χ1v) is 5.93. The zero-order valence-electron chi connectivity index (χ0n) is 10.5. The number of halogens is 1. The highest BCUT2D eigenvalue weighted by molar-refractivity contribution is 6.31. The lowest BCUT2D eigenvalue weighted by Gasteiger charge is -2.08. The largest absolute Gasteiger partial charge is 0.320 e. The molecule has 0 radical (unpaired) electrons. The molecule has 0 unspecified atom stereocenters. The Morgan fingerprint density at radius 1 is 1.39 bits per heavy atom. The van der Waals surface area contributed by atoms with E-state index in [0.717, 1.165) is 11.1 Å². The summed E-state index contributed by atoms with van der Waals surface area (Å²) in [7, 11) is 1.79. The molecule has 0 saturated carbocycles. The van der Waals surface area contributed by atoms with Crippen molar-refractivity contribution < 1.29 is 4.79 Å². The molecule has 94 valence electrons. The maximum absolute atomic E-state index is 12.1. The molecule has 0 fully saturated rings. The van der Waals surface area contributed by atoms with Gasteiger partial charge in [-0.15, -0.1) is 0 Å². The summed E-state index contributed by atoms with van der Waals surface area (Å²) in [5.74, 6) is -0.224. The van der Waals surface area contributed by atoms with Crippen LogP contribution in [0.25, 0.3) is 0 Å². The van der Waals surface area contributed by atoms with Crippen LogP contribution >= 0.6 is 11.6 Å². The van der Waals surface area contributed by atoms with Gasteiger partial charge in [0.1, 0.15) is 0 Å². The molecule has 0 atom stereocenters. The number of nitrogens with one attached hydrogen (secondary N) is 1. The van der Waals surface area contributed by atoms with Crippen LogP contribution in [-0.4, -0.2) is 15.7 Å². The van der Waals surface area contributed by atoms with Crippen LogP contribution < -0.4 is 5.32 Å². The van der Waals surface area contributed by atoms with Crippen molar-refractivity contribution in [3.63, 3.8) is 0 Å². The number of rotatable bonds is 2. The molecular weight excluding hydrogens is 250 g/mol. The molecule has 1 aromatic carbocycles. The number of hydrogen-bond acceptors (Lipinski definition) is 2. The number of aryl methyl sites for hydroxylation is 2. The molecule has 4 nitrogen and oxygen atoms in total. The summed E-state index contributed by atoms with van der Waals surface area (Å²) in [4.78, 5) is 12.1. The fourth-order valence-corrected chi connectivity index (χ4v) is 1.93. The van der Waals surface area contributed by atoms with Gasteiger partial charge in [0.2, 0.25) is 0 Å². The average molecular weight is 264 g/mol. The summed E-state index contributed by atoms with van der Waals surface area (Å²) < 4.78 is 1.62. The molecule has 0 spiro atoms. The summed E-state index contributed by atoms with van der Waals surface area (Å²) in [6, 6.07) is 5.41. The summed E-state index contributed by atoms with van der Waals surface area (Å²) in [6.45, 7) is 3.72. The summed E-state index contributed by atoms with van der Waals surface area (Å²) in [5, 5.41) is 7.58. The number of amides is 1. The van der Waals surface area contributed by atoms with Crippen LogP contribution in [0.1, 0.15) is 21.6 Å². The Morgan fingerprint density at radius 3 is 2.72 bits per heavy atom. The van der Waals surface area contributed by atoms with E-state index in [1.165, 1.54) is 0 Å². The maximum atomic E-state index is 12.1. The summed E-state index contributed by atoms with van der Waals surface area (Å²) >= 11 is 6.01. The van der Waals surface area contributed by atoms with E-state index in [1.807, 2.05) is 19.9 Å². The van der Waals surface area contributed by atoms with Crippen LogP contribution in [0.3, 0.4) is 0 Å². The van der Waals surface area contributed by atoms with Crippen LogP contribution in [0.15, 0.2) is 24.4 Å². The highest BCUT2D eigenvalue weighted by Crippen LogP contribution is 2.23. The molecule has 2 rings (SSSR count). The van der Waals surface area contributed by atoms with Gasteiger partial charge in [-0.1, -0.05) is 17.7 Å². The van der Waals surface area contributed by atoms with Crippen molar-refractivity contribution in [3.05, 3.63) is 46.2 Å². The lowest BCUT2D eigenvalue weighted by Crippen LogP contribution is -2.15. The number of anilines is 1. The van der Waals surface area contributed by atoms with Crippen LogP contribution in [0.5, 0.6) is 0 Å². The first kappa shape index (κ1) is 12.6. The maximum Gasteiger partial charge on any atom is 0.276 e. The van der Waals surface area contributed by atoms with Gasteiger partial charge in [0.05, 0.1) is 0 Å². The zero-order valence-corrected chi connectivity index (χ0v) is 11.2. The van der Waals surface area contributed by atoms with Gasteiger partial charge >= 0.3 is 0 Å². The Labute approximate surface area is 111 Å². The van der Waals surface area contributed by atoms with Crippen LogP contribution in [0.2, 0.25) is 5.02 Å². The van der Waals surface area contributed by atoms with Gasteiger partial charge < -0.3 is 5.32 Å². The molecule has 1 heterocycles. The topological polar surface area (TPSA) is 46.9 Å². The molecule has 1 N–H and O–H groups in total. The van der Waals surface area contributed by atoms with Gasteiger partial charge in [-0.25, -0.2) is 0 Å². The second kappa shape index (κ2) is 4.82. The second-order valence-corrected chi connectivity index (χ2v) is 4.61. The summed E-state index contributed by atoms with van der Waals surface area (Å²) in [6.07, 6.45) is 1.81. The molecule has 0 aliphatic heterocycles. The minimum Gasteiger partial charge on any atom is -0.320 e. The zero-order chi connectivity index (χ0) is 13.3. The van der Waals surface area contributed by atoms with Crippen molar-refractivity contribution in [1.29, 1.82) is 0 Å². The molecule has 0 aliphatic rings. The minimum atomic E-state index is -0.224. The highest BCUT2D eigenvalue weighted by atomic mass is 35.5. The van der Waals surface area contributed by atoms with E-state index >= 15 is 0 Å². The molecular formula is C13H14ClN3O. The van der Waals surface area contributed by atoms with E-state index in [-0.39, 0.29) is 5.91 Å². The molecule has 1 amide bonds. The molecule has 1 aromatic heterocycles. The van der Waals surface area contributed by atoms with E-state index in [1.54, 1.807) is 30.1 Å². The molecule has 18 heavy (non-hydrogen) atoms. The van der Waals surface area contributed by atoms with Crippen LogP contribution in [0.4, 0.5) is 5.69 Å². The van der Waals surface area contributed by atoms with E-state index in [0.29, 0.717) is 16.4 Å². The third-order valence-electron chi connectivity index (χ3n) is 2.74. The Balaban J connectivity index is 2.27. The second-order valence-electron chi connectivity index (χ2n) is 4.20. The van der Waals surface area contributed by atoms with Crippen molar-refractivity contribution in [1.82, 2.24) is 9.78 Å². The quantitative estimate of drug-likeness (QED) is 0.906. The standard InChI is InChI=1S/C13H14ClN3O/c1-8-7-17(3)16-12(8)13(18)15-11-6-4-5-10(14)9(11)2/h4-7H,1-3H3,(H,15,18). The van der Waals surface area contributed by atoms with E-state index in [4.69, 9.17) is 11.6 Å². The number of benzene rings is 1. The molecule has 0 bridgehead atoms.